The second kappa shape index (κ2) is 5.99. The molecule has 0 spiro atoms. The van der Waals surface area contributed by atoms with Crippen LogP contribution in [0.2, 0.25) is 0 Å². The van der Waals surface area contributed by atoms with Gasteiger partial charge in [-0.2, -0.15) is 0 Å². The van der Waals surface area contributed by atoms with Crippen LogP contribution in [0.25, 0.3) is 0 Å². The molecule has 2 unspecified atom stereocenters. The lowest BCUT2D eigenvalue weighted by Crippen LogP contribution is -2.38. The fourth-order valence-corrected chi connectivity index (χ4v) is 1.53. The van der Waals surface area contributed by atoms with Gasteiger partial charge in [0.15, 0.2) is 0 Å². The molecule has 0 bridgehead atoms. The van der Waals surface area contributed by atoms with Crippen LogP contribution in [0.5, 0.6) is 0 Å². The van der Waals surface area contributed by atoms with Gasteiger partial charge >= 0.3 is 0 Å². The van der Waals surface area contributed by atoms with Gasteiger partial charge in [-0.3, -0.25) is 0 Å². The van der Waals surface area contributed by atoms with Gasteiger partial charge in [-0.25, -0.2) is 0 Å². The van der Waals surface area contributed by atoms with Crippen molar-refractivity contribution in [3.05, 3.63) is 35.9 Å². The van der Waals surface area contributed by atoms with E-state index >= 15 is 0 Å². The third-order valence-electron chi connectivity index (χ3n) is 2.72. The lowest BCUT2D eigenvalue weighted by molar-refractivity contribution is 0.0523. The number of aliphatic hydroxyl groups is 2. The highest BCUT2D eigenvalue weighted by molar-refractivity contribution is 5.21. The molecule has 0 aliphatic carbocycles. The molecule has 0 heterocycles. The summed E-state index contributed by atoms with van der Waals surface area (Å²) in [7, 11) is 0. The van der Waals surface area contributed by atoms with E-state index in [1.165, 1.54) is 0 Å². The number of hydrogen-bond donors (Lipinski definition) is 3. The zero-order valence-corrected chi connectivity index (χ0v) is 9.98. The maximum absolute atomic E-state index is 10.2. The molecule has 1 aromatic carbocycles. The Balaban J connectivity index is 2.46. The van der Waals surface area contributed by atoms with Crippen LogP contribution in [0.15, 0.2) is 30.3 Å². The van der Waals surface area contributed by atoms with E-state index < -0.39 is 5.60 Å². The quantitative estimate of drug-likeness (QED) is 0.680. The number of hydrogen-bond acceptors (Lipinski definition) is 3. The normalized spacial score (nSPS) is 16.8. The first kappa shape index (κ1) is 13.2. The summed E-state index contributed by atoms with van der Waals surface area (Å²) >= 11 is 0. The average Bonchev–Trinajstić information content (AvgIpc) is 2.30. The number of aliphatic hydroxyl groups excluding tert-OH is 1. The van der Waals surface area contributed by atoms with Crippen molar-refractivity contribution < 1.29 is 10.2 Å². The lowest BCUT2D eigenvalue weighted by atomic mass is 9.96. The summed E-state index contributed by atoms with van der Waals surface area (Å²) in [6.07, 6.45) is 0.382. The van der Waals surface area contributed by atoms with Gasteiger partial charge in [-0.1, -0.05) is 37.3 Å². The van der Waals surface area contributed by atoms with E-state index in [0.29, 0.717) is 13.1 Å². The van der Waals surface area contributed by atoms with Crippen LogP contribution in [0, 0.1) is 0 Å². The molecule has 0 amide bonds. The van der Waals surface area contributed by atoms with Gasteiger partial charge in [0.25, 0.3) is 0 Å². The van der Waals surface area contributed by atoms with Crippen LogP contribution < -0.4 is 5.32 Å². The minimum absolute atomic E-state index is 0.341. The van der Waals surface area contributed by atoms with E-state index in [4.69, 9.17) is 0 Å². The summed E-state index contributed by atoms with van der Waals surface area (Å²) in [5, 5.41) is 22.7. The minimum atomic E-state index is -0.894. The minimum Gasteiger partial charge on any atom is -0.392 e. The number of rotatable bonds is 6. The highest BCUT2D eigenvalue weighted by Crippen LogP contribution is 2.18. The summed E-state index contributed by atoms with van der Waals surface area (Å²) in [6.45, 7) is 4.66. The van der Waals surface area contributed by atoms with Crippen LogP contribution in [-0.4, -0.2) is 29.4 Å². The van der Waals surface area contributed by atoms with E-state index in [9.17, 15) is 10.2 Å². The topological polar surface area (TPSA) is 52.5 Å². The summed E-state index contributed by atoms with van der Waals surface area (Å²) in [6, 6.07) is 9.54. The molecule has 1 aromatic rings. The first-order valence-electron chi connectivity index (χ1n) is 5.73. The van der Waals surface area contributed by atoms with Crippen LogP contribution in [0.1, 0.15) is 25.8 Å². The van der Waals surface area contributed by atoms with Gasteiger partial charge in [-0.15, -0.1) is 0 Å². The molecule has 3 N–H and O–H groups in total. The van der Waals surface area contributed by atoms with Crippen molar-refractivity contribution in [1.82, 2.24) is 5.32 Å². The van der Waals surface area contributed by atoms with Crippen LogP contribution in [-0.2, 0) is 5.60 Å². The molecule has 2 atom stereocenters. The Hall–Kier alpha value is -0.900. The average molecular weight is 223 g/mol. The molecule has 3 nitrogen and oxygen atoms in total. The zero-order valence-electron chi connectivity index (χ0n) is 9.98. The fraction of sp³-hybridized carbons (Fsp3) is 0.538. The van der Waals surface area contributed by atoms with Gasteiger partial charge < -0.3 is 15.5 Å². The molecule has 0 aliphatic heterocycles. The van der Waals surface area contributed by atoms with Crippen LogP contribution in [0.4, 0.5) is 0 Å². The van der Waals surface area contributed by atoms with E-state index in [2.05, 4.69) is 5.32 Å². The third kappa shape index (κ3) is 3.93. The lowest BCUT2D eigenvalue weighted by Gasteiger charge is -2.25. The Morgan fingerprint density at radius 1 is 1.31 bits per heavy atom. The first-order chi connectivity index (χ1) is 7.56. The van der Waals surface area contributed by atoms with Crippen molar-refractivity contribution in [2.75, 3.05) is 13.1 Å². The van der Waals surface area contributed by atoms with E-state index in [1.54, 1.807) is 6.92 Å². The van der Waals surface area contributed by atoms with Crippen molar-refractivity contribution in [1.29, 1.82) is 0 Å². The van der Waals surface area contributed by atoms with Gasteiger partial charge in [-0.05, 0) is 18.9 Å². The van der Waals surface area contributed by atoms with E-state index in [-0.39, 0.29) is 6.10 Å². The Kier molecular flexibility index (Phi) is 4.93. The largest absolute Gasteiger partial charge is 0.392 e. The SMILES string of the molecule is CCC(O)CNCC(C)(O)c1ccccc1. The number of nitrogens with one attached hydrogen (secondary N) is 1. The molecule has 0 fully saturated rings. The van der Waals surface area contributed by atoms with Crippen LogP contribution >= 0.6 is 0 Å². The highest BCUT2D eigenvalue weighted by atomic mass is 16.3. The molecule has 0 aromatic heterocycles. The standard InChI is InChI=1S/C13H21NO2/c1-3-12(15)9-14-10-13(2,16)11-7-5-4-6-8-11/h4-8,12,14-16H,3,9-10H2,1-2H3. The maximum Gasteiger partial charge on any atom is 0.0992 e. The monoisotopic (exact) mass is 223 g/mol. The van der Waals surface area contributed by atoms with Crippen molar-refractivity contribution in [3.63, 3.8) is 0 Å². The summed E-state index contributed by atoms with van der Waals surface area (Å²) in [4.78, 5) is 0. The predicted molar refractivity (Wildman–Crippen MR) is 65.2 cm³/mol. The summed E-state index contributed by atoms with van der Waals surface area (Å²) in [5.74, 6) is 0. The second-order valence-electron chi connectivity index (χ2n) is 4.33. The second-order valence-corrected chi connectivity index (χ2v) is 4.33. The molecule has 0 aliphatic rings. The molecule has 0 saturated heterocycles. The molecule has 0 saturated carbocycles. The van der Waals surface area contributed by atoms with Crippen molar-refractivity contribution in [2.24, 2.45) is 0 Å². The van der Waals surface area contributed by atoms with Gasteiger partial charge in [0.2, 0.25) is 0 Å². The molecule has 0 radical (unpaired) electrons. The van der Waals surface area contributed by atoms with Crippen LogP contribution in [0.3, 0.4) is 0 Å². The summed E-state index contributed by atoms with van der Waals surface area (Å²) < 4.78 is 0. The summed E-state index contributed by atoms with van der Waals surface area (Å²) in [5.41, 5.74) is -0.0113. The number of benzene rings is 1. The maximum atomic E-state index is 10.2. The Bertz CT molecular complexity index is 298. The van der Waals surface area contributed by atoms with E-state index in [0.717, 1.165) is 12.0 Å². The highest BCUT2D eigenvalue weighted by Gasteiger charge is 2.22. The smallest absolute Gasteiger partial charge is 0.0992 e. The van der Waals surface area contributed by atoms with Crippen molar-refractivity contribution >= 4 is 0 Å². The predicted octanol–water partition coefficient (Wildman–Crippen LogP) is 1.25. The molecular weight excluding hydrogens is 202 g/mol. The van der Waals surface area contributed by atoms with E-state index in [1.807, 2.05) is 37.3 Å². The first-order valence-corrected chi connectivity index (χ1v) is 5.73. The fourth-order valence-electron chi connectivity index (χ4n) is 1.53. The molecule has 3 heteroatoms. The van der Waals surface area contributed by atoms with Gasteiger partial charge in [0.05, 0.1) is 11.7 Å². The van der Waals surface area contributed by atoms with Gasteiger partial charge in [0.1, 0.15) is 0 Å². The molecular formula is C13H21NO2. The van der Waals surface area contributed by atoms with Crippen molar-refractivity contribution in [3.8, 4) is 0 Å². The zero-order chi connectivity index (χ0) is 12.0. The van der Waals surface area contributed by atoms with Crippen molar-refractivity contribution in [2.45, 2.75) is 32.0 Å². The molecule has 1 rings (SSSR count). The molecule has 90 valence electrons. The molecule has 16 heavy (non-hydrogen) atoms. The Morgan fingerprint density at radius 2 is 1.94 bits per heavy atom. The Labute approximate surface area is 97.1 Å². The Morgan fingerprint density at radius 3 is 2.50 bits per heavy atom. The third-order valence-corrected chi connectivity index (χ3v) is 2.72. The van der Waals surface area contributed by atoms with Gasteiger partial charge in [0, 0.05) is 13.1 Å².